The van der Waals surface area contributed by atoms with Gasteiger partial charge in [0, 0.05) is 25.0 Å². The first-order chi connectivity index (χ1) is 9.43. The van der Waals surface area contributed by atoms with E-state index in [1.165, 1.54) is 25.5 Å². The molecule has 0 aliphatic rings. The Hall–Kier alpha value is -2.41. The number of amidine groups is 1. The van der Waals surface area contributed by atoms with Crippen molar-refractivity contribution in [3.05, 3.63) is 54.4 Å². The predicted octanol–water partition coefficient (Wildman–Crippen LogP) is 1.19. The van der Waals surface area contributed by atoms with Gasteiger partial charge < -0.3 is 5.73 Å². The van der Waals surface area contributed by atoms with Crippen LogP contribution >= 0.6 is 0 Å². The van der Waals surface area contributed by atoms with Gasteiger partial charge in [-0.3, -0.25) is 14.7 Å². The van der Waals surface area contributed by atoms with Crippen LogP contribution in [0.25, 0.3) is 0 Å². The quantitative estimate of drug-likeness (QED) is 0.652. The number of nitrogens with one attached hydrogen (secondary N) is 1. The highest BCUT2D eigenvalue weighted by Gasteiger charge is 2.21. The van der Waals surface area contributed by atoms with Crippen molar-refractivity contribution in [3.63, 3.8) is 0 Å². The molecule has 0 aliphatic heterocycles. The Kier molecular flexibility index (Phi) is 3.71. The number of anilines is 1. The molecule has 1 heterocycles. The molecule has 0 saturated carbocycles. The first-order valence-corrected chi connectivity index (χ1v) is 7.20. The number of hydrogen-bond donors (Lipinski definition) is 2. The monoisotopic (exact) mass is 290 g/mol. The number of sulfonamides is 1. The van der Waals surface area contributed by atoms with Crippen LogP contribution in [0.3, 0.4) is 0 Å². The third-order valence-corrected chi connectivity index (χ3v) is 4.60. The van der Waals surface area contributed by atoms with Gasteiger partial charge in [-0.1, -0.05) is 0 Å². The summed E-state index contributed by atoms with van der Waals surface area (Å²) in [5.41, 5.74) is 6.39. The summed E-state index contributed by atoms with van der Waals surface area (Å²) in [4.78, 5) is 3.94. The maximum Gasteiger partial charge on any atom is 0.265 e. The van der Waals surface area contributed by atoms with E-state index in [9.17, 15) is 8.42 Å². The van der Waals surface area contributed by atoms with Gasteiger partial charge in [-0.2, -0.15) is 0 Å². The molecule has 7 heteroatoms. The van der Waals surface area contributed by atoms with Crippen molar-refractivity contribution in [1.29, 1.82) is 5.41 Å². The van der Waals surface area contributed by atoms with Crippen LogP contribution in [0, 0.1) is 5.41 Å². The summed E-state index contributed by atoms with van der Waals surface area (Å²) in [6.07, 6.45) is 2.82. The molecule has 0 bridgehead atoms. The lowest BCUT2D eigenvalue weighted by Crippen LogP contribution is -2.26. The molecule has 0 fully saturated rings. The Morgan fingerprint density at radius 2 is 1.90 bits per heavy atom. The molecule has 20 heavy (non-hydrogen) atoms. The number of pyridine rings is 1. The average molecular weight is 290 g/mol. The molecule has 0 radical (unpaired) electrons. The maximum atomic E-state index is 12.4. The van der Waals surface area contributed by atoms with Crippen LogP contribution in [-0.2, 0) is 10.0 Å². The fraction of sp³-hybridized carbons (Fsp3) is 0.0769. The molecule has 0 amide bonds. The largest absolute Gasteiger partial charge is 0.384 e. The molecule has 1 aromatic heterocycles. The highest BCUT2D eigenvalue weighted by atomic mass is 32.2. The smallest absolute Gasteiger partial charge is 0.265 e. The zero-order valence-electron chi connectivity index (χ0n) is 10.8. The fourth-order valence-electron chi connectivity index (χ4n) is 1.65. The summed E-state index contributed by atoms with van der Waals surface area (Å²) < 4.78 is 25.9. The predicted molar refractivity (Wildman–Crippen MR) is 77.3 cm³/mol. The van der Waals surface area contributed by atoms with Crippen molar-refractivity contribution >= 4 is 21.5 Å². The van der Waals surface area contributed by atoms with Gasteiger partial charge in [0.05, 0.1) is 5.69 Å². The van der Waals surface area contributed by atoms with Gasteiger partial charge in [0.25, 0.3) is 10.0 Å². The van der Waals surface area contributed by atoms with E-state index in [0.29, 0.717) is 11.3 Å². The first kappa shape index (κ1) is 14.0. The molecule has 3 N–H and O–H groups in total. The molecule has 0 saturated heterocycles. The van der Waals surface area contributed by atoms with E-state index in [2.05, 4.69) is 4.98 Å². The SMILES string of the molecule is CN(c1ccc(C(=N)N)cc1)S(=O)(=O)c1cccnc1. The zero-order chi connectivity index (χ0) is 14.8. The minimum atomic E-state index is -3.64. The average Bonchev–Trinajstić information content (AvgIpc) is 2.47. The molecule has 104 valence electrons. The van der Waals surface area contributed by atoms with Crippen molar-refractivity contribution in [1.82, 2.24) is 4.98 Å². The Morgan fingerprint density at radius 3 is 2.40 bits per heavy atom. The zero-order valence-corrected chi connectivity index (χ0v) is 11.6. The molecule has 0 spiro atoms. The van der Waals surface area contributed by atoms with Crippen molar-refractivity contribution in [3.8, 4) is 0 Å². The molecule has 0 aliphatic carbocycles. The van der Waals surface area contributed by atoms with Crippen LogP contribution in [0.2, 0.25) is 0 Å². The van der Waals surface area contributed by atoms with Crippen LogP contribution in [0.15, 0.2) is 53.7 Å². The first-order valence-electron chi connectivity index (χ1n) is 5.76. The van der Waals surface area contributed by atoms with E-state index in [-0.39, 0.29) is 10.7 Å². The normalized spacial score (nSPS) is 11.1. The molecule has 6 nitrogen and oxygen atoms in total. The topological polar surface area (TPSA) is 100 Å². The lowest BCUT2D eigenvalue weighted by Gasteiger charge is -2.19. The van der Waals surface area contributed by atoms with Gasteiger partial charge in [0.2, 0.25) is 0 Å². The number of aromatic nitrogens is 1. The van der Waals surface area contributed by atoms with Crippen LogP contribution < -0.4 is 10.0 Å². The molecule has 2 aromatic rings. The molecule has 1 aromatic carbocycles. The number of nitrogens with two attached hydrogens (primary N) is 1. The minimum absolute atomic E-state index is 0.0608. The molecule has 0 atom stereocenters. The lowest BCUT2D eigenvalue weighted by atomic mass is 10.2. The summed E-state index contributed by atoms with van der Waals surface area (Å²) in [7, 11) is -2.18. The number of rotatable bonds is 4. The van der Waals surface area contributed by atoms with E-state index in [1.807, 2.05) is 0 Å². The molecular formula is C13H14N4O2S. The Bertz CT molecular complexity index is 712. The summed E-state index contributed by atoms with van der Waals surface area (Å²) in [5, 5.41) is 7.31. The molecular weight excluding hydrogens is 276 g/mol. The van der Waals surface area contributed by atoms with E-state index in [0.717, 1.165) is 4.31 Å². The number of benzene rings is 1. The summed E-state index contributed by atoms with van der Waals surface area (Å²) in [6.45, 7) is 0. The van der Waals surface area contributed by atoms with Gasteiger partial charge in [-0.05, 0) is 36.4 Å². The van der Waals surface area contributed by atoms with Crippen molar-refractivity contribution in [2.75, 3.05) is 11.4 Å². The summed E-state index contributed by atoms with van der Waals surface area (Å²) in [5.74, 6) is -0.0608. The van der Waals surface area contributed by atoms with Gasteiger partial charge in [0.15, 0.2) is 0 Å². The lowest BCUT2D eigenvalue weighted by molar-refractivity contribution is 0.594. The van der Waals surface area contributed by atoms with Gasteiger partial charge >= 0.3 is 0 Å². The molecule has 2 rings (SSSR count). The fourth-order valence-corrected chi connectivity index (χ4v) is 2.81. The van der Waals surface area contributed by atoms with Crippen molar-refractivity contribution in [2.45, 2.75) is 4.90 Å². The van der Waals surface area contributed by atoms with Crippen LogP contribution in [0.1, 0.15) is 5.56 Å². The molecule has 0 unspecified atom stereocenters. The standard InChI is InChI=1S/C13H14N4O2S/c1-17(11-6-4-10(5-7-11)13(14)15)20(18,19)12-3-2-8-16-9-12/h2-9H,1H3,(H3,14,15). The van der Waals surface area contributed by atoms with E-state index >= 15 is 0 Å². The third kappa shape index (κ3) is 2.62. The van der Waals surface area contributed by atoms with Crippen LogP contribution in [-0.4, -0.2) is 26.3 Å². The Morgan fingerprint density at radius 1 is 1.25 bits per heavy atom. The van der Waals surface area contributed by atoms with E-state index in [1.54, 1.807) is 30.3 Å². The summed E-state index contributed by atoms with van der Waals surface area (Å²) >= 11 is 0. The highest BCUT2D eigenvalue weighted by molar-refractivity contribution is 7.92. The van der Waals surface area contributed by atoms with E-state index < -0.39 is 10.0 Å². The Labute approximate surface area is 117 Å². The summed E-state index contributed by atoms with van der Waals surface area (Å²) in [6, 6.07) is 9.47. The maximum absolute atomic E-state index is 12.4. The second-order valence-electron chi connectivity index (χ2n) is 4.12. The number of hydrogen-bond acceptors (Lipinski definition) is 4. The van der Waals surface area contributed by atoms with Crippen molar-refractivity contribution < 1.29 is 8.42 Å². The van der Waals surface area contributed by atoms with Gasteiger partial charge in [-0.25, -0.2) is 8.42 Å². The Balaban J connectivity index is 2.36. The highest BCUT2D eigenvalue weighted by Crippen LogP contribution is 2.21. The van der Waals surface area contributed by atoms with Gasteiger partial charge in [0.1, 0.15) is 10.7 Å². The minimum Gasteiger partial charge on any atom is -0.384 e. The second kappa shape index (κ2) is 5.30. The van der Waals surface area contributed by atoms with E-state index in [4.69, 9.17) is 11.1 Å². The van der Waals surface area contributed by atoms with Crippen molar-refractivity contribution in [2.24, 2.45) is 5.73 Å². The van der Waals surface area contributed by atoms with Gasteiger partial charge in [-0.15, -0.1) is 0 Å². The third-order valence-electron chi connectivity index (χ3n) is 2.83. The number of nitrogen functional groups attached to an aromatic ring is 1. The van der Waals surface area contributed by atoms with Crippen LogP contribution in [0.4, 0.5) is 5.69 Å². The second-order valence-corrected chi connectivity index (χ2v) is 6.09. The number of nitrogens with zero attached hydrogens (tertiary/aromatic N) is 2. The van der Waals surface area contributed by atoms with Crippen LogP contribution in [0.5, 0.6) is 0 Å².